The summed E-state index contributed by atoms with van der Waals surface area (Å²) in [7, 11) is 0. The van der Waals surface area contributed by atoms with E-state index in [9.17, 15) is 18.0 Å². The van der Waals surface area contributed by atoms with Crippen LogP contribution in [0.5, 0.6) is 0 Å². The summed E-state index contributed by atoms with van der Waals surface area (Å²) in [5.74, 6) is -1.83. The Balaban J connectivity index is 1.52. The quantitative estimate of drug-likeness (QED) is 0.815. The van der Waals surface area contributed by atoms with Gasteiger partial charge < -0.3 is 10.2 Å². The molecule has 2 aliphatic rings. The van der Waals surface area contributed by atoms with Gasteiger partial charge in [-0.3, -0.25) is 4.98 Å². The fourth-order valence-corrected chi connectivity index (χ4v) is 4.14. The zero-order chi connectivity index (χ0) is 19.2. The molecule has 7 heteroatoms. The Morgan fingerprint density at radius 1 is 1.26 bits per heavy atom. The predicted molar refractivity (Wildman–Crippen MR) is 96.2 cm³/mol. The van der Waals surface area contributed by atoms with Gasteiger partial charge in [0.2, 0.25) is 0 Å². The summed E-state index contributed by atoms with van der Waals surface area (Å²) in [4.78, 5) is 18.3. The molecule has 3 atom stereocenters. The van der Waals surface area contributed by atoms with Gasteiger partial charge in [0.05, 0.1) is 11.6 Å². The van der Waals surface area contributed by atoms with Crippen LogP contribution in [-0.2, 0) is 0 Å². The number of likely N-dealkylation sites (tertiary alicyclic amines) is 1. The summed E-state index contributed by atoms with van der Waals surface area (Å²) in [6.07, 6.45) is -1.41. The summed E-state index contributed by atoms with van der Waals surface area (Å²) in [6, 6.07) is 9.83. The molecule has 4 rings (SSSR count). The number of rotatable bonds is 2. The number of anilines is 1. The van der Waals surface area contributed by atoms with Crippen LogP contribution in [-0.4, -0.2) is 34.7 Å². The van der Waals surface area contributed by atoms with E-state index in [1.165, 1.54) is 4.90 Å². The van der Waals surface area contributed by atoms with Gasteiger partial charge >= 0.3 is 12.2 Å². The minimum atomic E-state index is -4.24. The van der Waals surface area contributed by atoms with Gasteiger partial charge in [-0.2, -0.15) is 13.2 Å². The molecule has 2 fully saturated rings. The van der Waals surface area contributed by atoms with Crippen LogP contribution in [0.3, 0.4) is 0 Å². The van der Waals surface area contributed by atoms with E-state index in [2.05, 4.69) is 10.3 Å². The molecule has 0 unspecified atom stereocenters. The number of piperidine rings is 1. The van der Waals surface area contributed by atoms with Crippen molar-refractivity contribution in [1.82, 2.24) is 9.88 Å². The summed E-state index contributed by atoms with van der Waals surface area (Å²) in [6.45, 7) is 2.31. The minimum Gasteiger partial charge on any atom is -0.321 e. The lowest BCUT2D eigenvalue weighted by Crippen LogP contribution is -2.41. The van der Waals surface area contributed by atoms with Gasteiger partial charge in [0.1, 0.15) is 0 Å². The summed E-state index contributed by atoms with van der Waals surface area (Å²) in [5.41, 5.74) is 3.22. The third-order valence-corrected chi connectivity index (χ3v) is 5.49. The van der Waals surface area contributed by atoms with Gasteiger partial charge in [0, 0.05) is 30.0 Å². The van der Waals surface area contributed by atoms with Crippen molar-refractivity contribution in [3.05, 3.63) is 48.2 Å². The number of benzene rings is 1. The van der Waals surface area contributed by atoms with E-state index in [0.29, 0.717) is 25.1 Å². The fourth-order valence-electron chi connectivity index (χ4n) is 4.14. The van der Waals surface area contributed by atoms with Crippen LogP contribution in [0.2, 0.25) is 0 Å². The lowest BCUT2D eigenvalue weighted by molar-refractivity contribution is -0.153. The number of hydrogen-bond donors (Lipinski definition) is 1. The van der Waals surface area contributed by atoms with Gasteiger partial charge in [0.15, 0.2) is 0 Å². The van der Waals surface area contributed by atoms with Crippen molar-refractivity contribution in [2.45, 2.75) is 32.0 Å². The Bertz CT molecular complexity index is 853. The van der Waals surface area contributed by atoms with Crippen molar-refractivity contribution in [1.29, 1.82) is 0 Å². The van der Waals surface area contributed by atoms with Crippen molar-refractivity contribution in [2.24, 2.45) is 11.8 Å². The van der Waals surface area contributed by atoms with Gasteiger partial charge in [-0.25, -0.2) is 4.79 Å². The van der Waals surface area contributed by atoms with Crippen molar-refractivity contribution >= 4 is 11.7 Å². The number of aryl methyl sites for hydroxylation is 1. The highest BCUT2D eigenvalue weighted by molar-refractivity contribution is 5.91. The molecule has 0 bridgehead atoms. The van der Waals surface area contributed by atoms with Crippen LogP contribution in [0.4, 0.5) is 23.7 Å². The van der Waals surface area contributed by atoms with E-state index in [1.54, 1.807) is 12.3 Å². The molecule has 0 spiro atoms. The number of fused-ring (bicyclic) bond motifs is 1. The molecule has 142 valence electrons. The Kier molecular flexibility index (Phi) is 4.32. The molecule has 1 saturated carbocycles. The van der Waals surface area contributed by atoms with Gasteiger partial charge in [-0.15, -0.1) is 0 Å². The first-order valence-electron chi connectivity index (χ1n) is 9.02. The smallest absolute Gasteiger partial charge is 0.321 e. The SMILES string of the molecule is Cc1ccc(NC(=O)N2CCC[C@@H]3[C@H]2[C@H]3C(F)(F)F)cc1-c1ccccn1. The Hall–Kier alpha value is -2.57. The van der Waals surface area contributed by atoms with Crippen LogP contribution < -0.4 is 5.32 Å². The molecule has 1 N–H and O–H groups in total. The Labute approximate surface area is 155 Å². The number of alkyl halides is 3. The highest BCUT2D eigenvalue weighted by Gasteiger charge is 2.67. The van der Waals surface area contributed by atoms with Crippen molar-refractivity contribution in [2.75, 3.05) is 11.9 Å². The molecule has 1 aromatic heterocycles. The maximum atomic E-state index is 13.1. The Morgan fingerprint density at radius 2 is 2.07 bits per heavy atom. The highest BCUT2D eigenvalue weighted by atomic mass is 19.4. The largest absolute Gasteiger partial charge is 0.394 e. The summed E-state index contributed by atoms with van der Waals surface area (Å²) >= 11 is 0. The number of halogens is 3. The molecule has 2 heterocycles. The van der Waals surface area contributed by atoms with Gasteiger partial charge in [-0.05, 0) is 55.5 Å². The third kappa shape index (κ3) is 3.38. The molecule has 4 nitrogen and oxygen atoms in total. The minimum absolute atomic E-state index is 0.360. The molecule has 0 radical (unpaired) electrons. The second-order valence-corrected chi connectivity index (χ2v) is 7.23. The topological polar surface area (TPSA) is 45.2 Å². The fraction of sp³-hybridized carbons (Fsp3) is 0.400. The van der Waals surface area contributed by atoms with E-state index in [0.717, 1.165) is 16.8 Å². The number of nitrogens with zero attached hydrogens (tertiary/aromatic N) is 2. The van der Waals surface area contributed by atoms with Crippen LogP contribution in [0.15, 0.2) is 42.6 Å². The van der Waals surface area contributed by atoms with E-state index in [1.807, 2.05) is 37.3 Å². The normalized spacial score (nSPS) is 24.3. The van der Waals surface area contributed by atoms with Crippen molar-refractivity contribution in [3.8, 4) is 11.3 Å². The molecule has 27 heavy (non-hydrogen) atoms. The Morgan fingerprint density at radius 3 is 2.78 bits per heavy atom. The van der Waals surface area contributed by atoms with Gasteiger partial charge in [-0.1, -0.05) is 12.1 Å². The first-order chi connectivity index (χ1) is 12.9. The maximum absolute atomic E-state index is 13.1. The number of urea groups is 1. The second kappa shape index (κ2) is 6.55. The van der Waals surface area contributed by atoms with E-state index in [4.69, 9.17) is 0 Å². The highest BCUT2D eigenvalue weighted by Crippen LogP contribution is 2.57. The van der Waals surface area contributed by atoms with Crippen LogP contribution >= 0.6 is 0 Å². The number of aromatic nitrogens is 1. The molecule has 2 aromatic rings. The zero-order valence-electron chi connectivity index (χ0n) is 14.8. The molecular weight excluding hydrogens is 355 g/mol. The van der Waals surface area contributed by atoms with E-state index >= 15 is 0 Å². The first-order valence-corrected chi connectivity index (χ1v) is 9.02. The summed E-state index contributed by atoms with van der Waals surface area (Å²) < 4.78 is 39.4. The number of carbonyl (C=O) groups excluding carboxylic acids is 1. The lowest BCUT2D eigenvalue weighted by atomic mass is 10.0. The zero-order valence-corrected chi connectivity index (χ0v) is 14.8. The third-order valence-electron chi connectivity index (χ3n) is 5.49. The lowest BCUT2D eigenvalue weighted by Gasteiger charge is -2.27. The molecule has 1 aliphatic carbocycles. The average molecular weight is 375 g/mol. The number of pyridine rings is 1. The molecule has 1 aliphatic heterocycles. The number of hydrogen-bond acceptors (Lipinski definition) is 2. The maximum Gasteiger partial charge on any atom is 0.394 e. The summed E-state index contributed by atoms with van der Waals surface area (Å²) in [5, 5.41) is 2.77. The van der Waals surface area contributed by atoms with E-state index in [-0.39, 0.29) is 0 Å². The number of amides is 2. The van der Waals surface area contributed by atoms with Gasteiger partial charge in [0.25, 0.3) is 0 Å². The van der Waals surface area contributed by atoms with Crippen LogP contribution in [0, 0.1) is 18.8 Å². The monoisotopic (exact) mass is 375 g/mol. The van der Waals surface area contributed by atoms with Crippen molar-refractivity contribution in [3.63, 3.8) is 0 Å². The molecule has 1 saturated heterocycles. The second-order valence-electron chi connectivity index (χ2n) is 7.23. The molecular formula is C20H20F3N3O. The van der Waals surface area contributed by atoms with Crippen LogP contribution in [0.25, 0.3) is 11.3 Å². The standard InChI is InChI=1S/C20H20F3N3O/c1-12-7-8-13(11-15(12)16-6-2-3-9-24-16)25-19(27)26-10-4-5-14-17(18(14)26)20(21,22)23/h2-3,6-9,11,14,17-18H,4-5,10H2,1H3,(H,25,27)/t14-,17-,18-/m0/s1. The predicted octanol–water partition coefficient (Wildman–Crippen LogP) is 4.86. The number of carbonyl (C=O) groups is 1. The first kappa shape index (κ1) is 17.8. The average Bonchev–Trinajstić information content (AvgIpc) is 3.39. The number of nitrogens with one attached hydrogen (secondary N) is 1. The molecule has 2 amide bonds. The van der Waals surface area contributed by atoms with Crippen molar-refractivity contribution < 1.29 is 18.0 Å². The molecule has 1 aromatic carbocycles. The van der Waals surface area contributed by atoms with Crippen LogP contribution in [0.1, 0.15) is 18.4 Å². The van der Waals surface area contributed by atoms with E-state index < -0.39 is 30.1 Å².